The van der Waals surface area contributed by atoms with Gasteiger partial charge in [0.05, 0.1) is 0 Å². The number of aromatic nitrogens is 3. The SMILES string of the molecule is CCc1nc2c(ccn3ccnc23)cc1C. The Hall–Kier alpha value is -1.90. The Labute approximate surface area is 93.8 Å². The number of rotatable bonds is 1. The number of imidazole rings is 1. The lowest BCUT2D eigenvalue weighted by Gasteiger charge is -2.06. The summed E-state index contributed by atoms with van der Waals surface area (Å²) >= 11 is 0. The van der Waals surface area contributed by atoms with Gasteiger partial charge in [-0.2, -0.15) is 0 Å². The fourth-order valence-electron chi connectivity index (χ4n) is 2.11. The quantitative estimate of drug-likeness (QED) is 0.619. The van der Waals surface area contributed by atoms with E-state index >= 15 is 0 Å². The molecule has 0 aromatic carbocycles. The molecule has 0 amide bonds. The fourth-order valence-corrected chi connectivity index (χ4v) is 2.11. The summed E-state index contributed by atoms with van der Waals surface area (Å²) in [4.78, 5) is 9.06. The van der Waals surface area contributed by atoms with Crippen molar-refractivity contribution >= 4 is 16.6 Å². The van der Waals surface area contributed by atoms with Crippen molar-refractivity contribution in [3.8, 4) is 0 Å². The number of pyridine rings is 2. The second kappa shape index (κ2) is 3.30. The molecule has 0 aliphatic rings. The van der Waals surface area contributed by atoms with E-state index in [-0.39, 0.29) is 0 Å². The molecule has 3 aromatic heterocycles. The molecule has 0 N–H and O–H groups in total. The normalized spacial score (nSPS) is 11.4. The minimum Gasteiger partial charge on any atom is -0.305 e. The predicted molar refractivity (Wildman–Crippen MR) is 64.6 cm³/mol. The molecule has 0 unspecified atom stereocenters. The Morgan fingerprint density at radius 1 is 1.31 bits per heavy atom. The van der Waals surface area contributed by atoms with Crippen LogP contribution >= 0.6 is 0 Å². The molecular weight excluding hydrogens is 198 g/mol. The minimum atomic E-state index is 0.937. The summed E-state index contributed by atoms with van der Waals surface area (Å²) in [6.45, 7) is 4.24. The Balaban J connectivity index is 2.48. The van der Waals surface area contributed by atoms with E-state index in [2.05, 4.69) is 31.0 Å². The molecule has 80 valence electrons. The first kappa shape index (κ1) is 9.33. The van der Waals surface area contributed by atoms with E-state index in [9.17, 15) is 0 Å². The molecule has 3 aromatic rings. The molecule has 0 bridgehead atoms. The van der Waals surface area contributed by atoms with Gasteiger partial charge in [0.25, 0.3) is 0 Å². The van der Waals surface area contributed by atoms with Crippen LogP contribution < -0.4 is 0 Å². The van der Waals surface area contributed by atoms with Crippen LogP contribution in [0.4, 0.5) is 0 Å². The van der Waals surface area contributed by atoms with Crippen molar-refractivity contribution in [1.82, 2.24) is 14.4 Å². The lowest BCUT2D eigenvalue weighted by molar-refractivity contribution is 1.03. The summed E-state index contributed by atoms with van der Waals surface area (Å²) in [6, 6.07) is 4.28. The largest absolute Gasteiger partial charge is 0.305 e. The maximum atomic E-state index is 4.71. The van der Waals surface area contributed by atoms with E-state index in [1.54, 1.807) is 0 Å². The van der Waals surface area contributed by atoms with Crippen molar-refractivity contribution in [2.24, 2.45) is 0 Å². The summed E-state index contributed by atoms with van der Waals surface area (Å²) in [7, 11) is 0. The van der Waals surface area contributed by atoms with Gasteiger partial charge < -0.3 is 4.40 Å². The van der Waals surface area contributed by atoms with Crippen LogP contribution in [0.5, 0.6) is 0 Å². The molecule has 0 saturated heterocycles. The van der Waals surface area contributed by atoms with Crippen LogP contribution in [-0.2, 0) is 6.42 Å². The highest BCUT2D eigenvalue weighted by molar-refractivity contribution is 5.90. The molecule has 0 radical (unpaired) electrons. The Kier molecular flexibility index (Phi) is 1.93. The average molecular weight is 211 g/mol. The fraction of sp³-hybridized carbons (Fsp3) is 0.231. The monoisotopic (exact) mass is 211 g/mol. The summed E-state index contributed by atoms with van der Waals surface area (Å²) in [5.74, 6) is 0. The van der Waals surface area contributed by atoms with E-state index in [0.29, 0.717) is 0 Å². The highest BCUT2D eigenvalue weighted by Gasteiger charge is 2.06. The first-order valence-corrected chi connectivity index (χ1v) is 5.51. The van der Waals surface area contributed by atoms with Gasteiger partial charge in [-0.05, 0) is 31.0 Å². The van der Waals surface area contributed by atoms with Gasteiger partial charge in [-0.1, -0.05) is 6.92 Å². The molecule has 0 aliphatic heterocycles. The van der Waals surface area contributed by atoms with Gasteiger partial charge >= 0.3 is 0 Å². The van der Waals surface area contributed by atoms with Crippen molar-refractivity contribution in [3.05, 3.63) is 42.0 Å². The third-order valence-corrected chi connectivity index (χ3v) is 2.98. The first-order valence-electron chi connectivity index (χ1n) is 5.51. The van der Waals surface area contributed by atoms with Gasteiger partial charge in [-0.25, -0.2) is 9.97 Å². The van der Waals surface area contributed by atoms with Crippen LogP contribution in [0.25, 0.3) is 16.6 Å². The molecule has 0 spiro atoms. The summed E-state index contributed by atoms with van der Waals surface area (Å²) in [5.41, 5.74) is 4.34. The van der Waals surface area contributed by atoms with E-state index in [1.807, 2.05) is 23.0 Å². The summed E-state index contributed by atoms with van der Waals surface area (Å²) < 4.78 is 2.00. The van der Waals surface area contributed by atoms with Gasteiger partial charge in [0.1, 0.15) is 5.52 Å². The molecule has 0 atom stereocenters. The standard InChI is InChI=1S/C13H13N3/c1-3-11-9(2)8-10-4-6-16-7-5-14-13(16)12(10)15-11/h4-8H,3H2,1-2H3. The first-order chi connectivity index (χ1) is 7.79. The second-order valence-electron chi connectivity index (χ2n) is 4.02. The number of aryl methyl sites for hydroxylation is 2. The molecule has 0 saturated carbocycles. The van der Waals surface area contributed by atoms with E-state index in [4.69, 9.17) is 4.98 Å². The Bertz CT molecular complexity index is 667. The van der Waals surface area contributed by atoms with E-state index in [1.165, 1.54) is 5.56 Å². The van der Waals surface area contributed by atoms with Crippen molar-refractivity contribution in [2.75, 3.05) is 0 Å². The molecule has 3 heterocycles. The third-order valence-electron chi connectivity index (χ3n) is 2.98. The number of nitrogens with zero attached hydrogens (tertiary/aromatic N) is 3. The molecule has 0 aliphatic carbocycles. The minimum absolute atomic E-state index is 0.937. The van der Waals surface area contributed by atoms with Gasteiger partial charge in [0, 0.05) is 29.7 Å². The lowest BCUT2D eigenvalue weighted by Crippen LogP contribution is -1.95. The van der Waals surface area contributed by atoms with Gasteiger partial charge in [-0.15, -0.1) is 0 Å². The van der Waals surface area contributed by atoms with Gasteiger partial charge in [0.15, 0.2) is 5.65 Å². The van der Waals surface area contributed by atoms with Crippen LogP contribution in [0.2, 0.25) is 0 Å². The zero-order chi connectivity index (χ0) is 11.1. The third kappa shape index (κ3) is 1.21. The van der Waals surface area contributed by atoms with E-state index < -0.39 is 0 Å². The summed E-state index contributed by atoms with van der Waals surface area (Å²) in [5, 5.41) is 1.16. The topological polar surface area (TPSA) is 30.2 Å². The van der Waals surface area contributed by atoms with E-state index in [0.717, 1.165) is 28.7 Å². The Morgan fingerprint density at radius 2 is 2.19 bits per heavy atom. The van der Waals surface area contributed by atoms with Crippen LogP contribution in [-0.4, -0.2) is 14.4 Å². The lowest BCUT2D eigenvalue weighted by atomic mass is 10.1. The van der Waals surface area contributed by atoms with Crippen LogP contribution in [0.15, 0.2) is 30.7 Å². The van der Waals surface area contributed by atoms with Crippen molar-refractivity contribution in [1.29, 1.82) is 0 Å². The summed E-state index contributed by atoms with van der Waals surface area (Å²) in [6.07, 6.45) is 6.74. The van der Waals surface area contributed by atoms with Crippen LogP contribution in [0, 0.1) is 6.92 Å². The highest BCUT2D eigenvalue weighted by atomic mass is 15.0. The average Bonchev–Trinajstić information content (AvgIpc) is 2.76. The van der Waals surface area contributed by atoms with Crippen molar-refractivity contribution in [3.63, 3.8) is 0 Å². The van der Waals surface area contributed by atoms with Gasteiger partial charge in [0.2, 0.25) is 0 Å². The van der Waals surface area contributed by atoms with Crippen LogP contribution in [0.3, 0.4) is 0 Å². The van der Waals surface area contributed by atoms with Crippen molar-refractivity contribution in [2.45, 2.75) is 20.3 Å². The zero-order valence-electron chi connectivity index (χ0n) is 9.44. The second-order valence-corrected chi connectivity index (χ2v) is 4.02. The maximum absolute atomic E-state index is 4.71. The van der Waals surface area contributed by atoms with Crippen LogP contribution in [0.1, 0.15) is 18.2 Å². The smallest absolute Gasteiger partial charge is 0.163 e. The molecular formula is C13H13N3. The Morgan fingerprint density at radius 3 is 3.00 bits per heavy atom. The van der Waals surface area contributed by atoms with Gasteiger partial charge in [-0.3, -0.25) is 0 Å². The predicted octanol–water partition coefficient (Wildman–Crippen LogP) is 2.75. The van der Waals surface area contributed by atoms with Crippen molar-refractivity contribution < 1.29 is 0 Å². The molecule has 16 heavy (non-hydrogen) atoms. The molecule has 3 rings (SSSR count). The number of hydrogen-bond acceptors (Lipinski definition) is 2. The number of hydrogen-bond donors (Lipinski definition) is 0. The number of fused-ring (bicyclic) bond motifs is 3. The maximum Gasteiger partial charge on any atom is 0.163 e. The molecule has 0 fully saturated rings. The molecule has 3 heteroatoms. The molecule has 3 nitrogen and oxygen atoms in total. The highest BCUT2D eigenvalue weighted by Crippen LogP contribution is 2.20. The zero-order valence-corrected chi connectivity index (χ0v) is 9.44.